The van der Waals surface area contributed by atoms with Crippen LogP contribution in [0.5, 0.6) is 0 Å². The van der Waals surface area contributed by atoms with E-state index in [0.29, 0.717) is 17.9 Å². The third-order valence-electron chi connectivity index (χ3n) is 3.45. The number of benzene rings is 1. The van der Waals surface area contributed by atoms with Gasteiger partial charge >= 0.3 is 0 Å². The van der Waals surface area contributed by atoms with Crippen molar-refractivity contribution >= 4 is 17.5 Å². The molecule has 120 valence electrons. The van der Waals surface area contributed by atoms with Gasteiger partial charge in [0.15, 0.2) is 0 Å². The van der Waals surface area contributed by atoms with Crippen LogP contribution in [0.25, 0.3) is 0 Å². The highest BCUT2D eigenvalue weighted by Crippen LogP contribution is 2.19. The van der Waals surface area contributed by atoms with E-state index >= 15 is 0 Å². The second-order valence-electron chi connectivity index (χ2n) is 6.72. The quantitative estimate of drug-likeness (QED) is 0.902. The van der Waals surface area contributed by atoms with Gasteiger partial charge in [-0.05, 0) is 64.3 Å². The minimum absolute atomic E-state index is 0.109. The van der Waals surface area contributed by atoms with Gasteiger partial charge in [0.25, 0.3) is 11.8 Å². The molecule has 1 atom stereocenters. The van der Waals surface area contributed by atoms with Crippen LogP contribution in [0.15, 0.2) is 18.2 Å². The predicted octanol–water partition coefficient (Wildman–Crippen LogP) is 2.64. The van der Waals surface area contributed by atoms with E-state index in [0.717, 1.165) is 18.4 Å². The monoisotopic (exact) mass is 304 g/mol. The van der Waals surface area contributed by atoms with Gasteiger partial charge in [-0.2, -0.15) is 0 Å². The molecule has 1 heterocycles. The molecule has 1 aromatic carbocycles. The van der Waals surface area contributed by atoms with Crippen molar-refractivity contribution in [2.75, 3.05) is 11.9 Å². The van der Waals surface area contributed by atoms with Crippen molar-refractivity contribution in [3.8, 4) is 0 Å². The molecule has 2 rings (SSSR count). The number of amides is 2. The molecule has 5 nitrogen and oxygen atoms in total. The smallest absolute Gasteiger partial charge is 0.253 e. The van der Waals surface area contributed by atoms with Gasteiger partial charge in [-0.25, -0.2) is 0 Å². The summed E-state index contributed by atoms with van der Waals surface area (Å²) in [5.74, 6) is -0.231. The fourth-order valence-corrected chi connectivity index (χ4v) is 2.41. The molecule has 1 saturated heterocycles. The van der Waals surface area contributed by atoms with Crippen molar-refractivity contribution in [1.29, 1.82) is 0 Å². The van der Waals surface area contributed by atoms with Crippen molar-refractivity contribution < 1.29 is 14.3 Å². The van der Waals surface area contributed by atoms with E-state index in [-0.39, 0.29) is 23.5 Å². The Morgan fingerprint density at radius 2 is 2.00 bits per heavy atom. The summed E-state index contributed by atoms with van der Waals surface area (Å²) < 4.78 is 5.36. The number of ether oxygens (including phenoxy) is 1. The number of carbonyl (C=O) groups is 2. The number of anilines is 1. The van der Waals surface area contributed by atoms with Gasteiger partial charge in [-0.3, -0.25) is 9.59 Å². The zero-order valence-electron chi connectivity index (χ0n) is 13.7. The first-order valence-electron chi connectivity index (χ1n) is 7.62. The Labute approximate surface area is 131 Å². The van der Waals surface area contributed by atoms with Gasteiger partial charge in [0, 0.05) is 23.4 Å². The highest BCUT2D eigenvalue weighted by molar-refractivity contribution is 5.98. The highest BCUT2D eigenvalue weighted by atomic mass is 16.5. The second-order valence-corrected chi connectivity index (χ2v) is 6.72. The molecule has 1 aromatic rings. The van der Waals surface area contributed by atoms with Gasteiger partial charge in [-0.15, -0.1) is 0 Å². The summed E-state index contributed by atoms with van der Waals surface area (Å²) in [6, 6.07) is 5.30. The Hall–Kier alpha value is -1.88. The molecule has 0 aliphatic carbocycles. The molecule has 2 N–H and O–H groups in total. The standard InChI is InChI=1S/C17H24N2O3/c1-11-10-12(18-16(21)14-6-5-9-22-14)7-8-13(11)15(20)19-17(2,3)4/h7-8,10,14H,5-6,9H2,1-4H3,(H,18,21)(H,19,20). The Bertz CT molecular complexity index is 570. The van der Waals surface area contributed by atoms with Crippen LogP contribution in [0.1, 0.15) is 49.5 Å². The molecule has 5 heteroatoms. The van der Waals surface area contributed by atoms with Gasteiger partial charge in [0.1, 0.15) is 6.10 Å². The maximum Gasteiger partial charge on any atom is 0.253 e. The molecule has 0 saturated carbocycles. The van der Waals surface area contributed by atoms with Crippen molar-refractivity contribution in [2.24, 2.45) is 0 Å². The molecule has 1 unspecified atom stereocenters. The van der Waals surface area contributed by atoms with Gasteiger partial charge in [-0.1, -0.05) is 0 Å². The third-order valence-corrected chi connectivity index (χ3v) is 3.45. The Balaban J connectivity index is 2.06. The van der Waals surface area contributed by atoms with Gasteiger partial charge in [0.2, 0.25) is 0 Å². The summed E-state index contributed by atoms with van der Waals surface area (Å²) in [7, 11) is 0. The average Bonchev–Trinajstić information content (AvgIpc) is 2.90. The number of aryl methyl sites for hydroxylation is 1. The van der Waals surface area contributed by atoms with Crippen LogP contribution in [0.3, 0.4) is 0 Å². The molecule has 22 heavy (non-hydrogen) atoms. The van der Waals surface area contributed by atoms with Gasteiger partial charge in [0.05, 0.1) is 0 Å². The lowest BCUT2D eigenvalue weighted by Gasteiger charge is -2.21. The average molecular weight is 304 g/mol. The molecular formula is C17H24N2O3. The molecule has 2 amide bonds. The third kappa shape index (κ3) is 4.31. The first kappa shape index (κ1) is 16.5. The van der Waals surface area contributed by atoms with Crippen LogP contribution in [0.2, 0.25) is 0 Å². The number of nitrogens with one attached hydrogen (secondary N) is 2. The number of rotatable bonds is 3. The topological polar surface area (TPSA) is 67.4 Å². The summed E-state index contributed by atoms with van der Waals surface area (Å²) in [6.07, 6.45) is 1.32. The predicted molar refractivity (Wildman–Crippen MR) is 86.0 cm³/mol. The number of hydrogen-bond donors (Lipinski definition) is 2. The lowest BCUT2D eigenvalue weighted by atomic mass is 10.0. The normalized spacial score (nSPS) is 18.1. The van der Waals surface area contributed by atoms with Crippen LogP contribution in [-0.4, -0.2) is 30.1 Å². The Morgan fingerprint density at radius 3 is 2.55 bits per heavy atom. The zero-order valence-corrected chi connectivity index (χ0v) is 13.7. The summed E-state index contributed by atoms with van der Waals surface area (Å²) in [5, 5.41) is 5.78. The molecule has 1 fully saturated rings. The first-order valence-corrected chi connectivity index (χ1v) is 7.62. The minimum Gasteiger partial charge on any atom is -0.368 e. The van der Waals surface area contributed by atoms with Crippen molar-refractivity contribution in [3.63, 3.8) is 0 Å². The lowest BCUT2D eigenvalue weighted by molar-refractivity contribution is -0.124. The van der Waals surface area contributed by atoms with E-state index in [9.17, 15) is 9.59 Å². The van der Waals surface area contributed by atoms with E-state index in [1.807, 2.05) is 33.8 Å². The molecule has 0 spiro atoms. The molecular weight excluding hydrogens is 280 g/mol. The van der Waals surface area contributed by atoms with Crippen molar-refractivity contribution in [1.82, 2.24) is 5.32 Å². The molecule has 0 bridgehead atoms. The van der Waals surface area contributed by atoms with E-state index in [1.54, 1.807) is 12.1 Å². The van der Waals surface area contributed by atoms with Crippen LogP contribution in [0, 0.1) is 6.92 Å². The number of hydrogen-bond acceptors (Lipinski definition) is 3. The highest BCUT2D eigenvalue weighted by Gasteiger charge is 2.24. The molecule has 0 radical (unpaired) electrons. The van der Waals surface area contributed by atoms with Gasteiger partial charge < -0.3 is 15.4 Å². The van der Waals surface area contributed by atoms with E-state index in [4.69, 9.17) is 4.74 Å². The van der Waals surface area contributed by atoms with E-state index in [2.05, 4.69) is 10.6 Å². The SMILES string of the molecule is Cc1cc(NC(=O)C2CCCO2)ccc1C(=O)NC(C)(C)C. The maximum atomic E-state index is 12.2. The largest absolute Gasteiger partial charge is 0.368 e. The van der Waals surface area contributed by atoms with Crippen LogP contribution in [-0.2, 0) is 9.53 Å². The Kier molecular flexibility index (Phi) is 4.86. The summed E-state index contributed by atoms with van der Waals surface area (Å²) in [6.45, 7) is 8.33. The summed E-state index contributed by atoms with van der Waals surface area (Å²) in [5.41, 5.74) is 1.85. The van der Waals surface area contributed by atoms with Crippen LogP contribution >= 0.6 is 0 Å². The lowest BCUT2D eigenvalue weighted by Crippen LogP contribution is -2.40. The van der Waals surface area contributed by atoms with E-state index in [1.165, 1.54) is 0 Å². The fraction of sp³-hybridized carbons (Fsp3) is 0.529. The molecule has 1 aliphatic heterocycles. The van der Waals surface area contributed by atoms with E-state index < -0.39 is 0 Å². The first-order chi connectivity index (χ1) is 10.3. The summed E-state index contributed by atoms with van der Waals surface area (Å²) >= 11 is 0. The number of carbonyl (C=O) groups excluding carboxylic acids is 2. The second kappa shape index (κ2) is 6.48. The molecule has 0 aromatic heterocycles. The van der Waals surface area contributed by atoms with Crippen LogP contribution in [0.4, 0.5) is 5.69 Å². The zero-order chi connectivity index (χ0) is 16.3. The fourth-order valence-electron chi connectivity index (χ4n) is 2.41. The van der Waals surface area contributed by atoms with Crippen LogP contribution < -0.4 is 10.6 Å². The molecule has 1 aliphatic rings. The van der Waals surface area contributed by atoms with Crippen molar-refractivity contribution in [3.05, 3.63) is 29.3 Å². The van der Waals surface area contributed by atoms with Crippen molar-refractivity contribution in [2.45, 2.75) is 52.2 Å². The minimum atomic E-state index is -0.357. The maximum absolute atomic E-state index is 12.2. The summed E-state index contributed by atoms with van der Waals surface area (Å²) in [4.78, 5) is 24.2. The Morgan fingerprint density at radius 1 is 1.27 bits per heavy atom.